The second-order valence-corrected chi connectivity index (χ2v) is 7.08. The highest BCUT2D eigenvalue weighted by atomic mass is 16.2. The van der Waals surface area contributed by atoms with Crippen LogP contribution in [0.1, 0.15) is 49.5 Å². The number of nitrogens with zero attached hydrogens (tertiary/aromatic N) is 2. The minimum atomic E-state index is -0.523. The molecule has 0 saturated carbocycles. The largest absolute Gasteiger partial charge is 0.331 e. The van der Waals surface area contributed by atoms with Gasteiger partial charge in [-0.3, -0.25) is 14.4 Å². The molecule has 0 N–H and O–H groups in total. The Morgan fingerprint density at radius 2 is 1.92 bits per heavy atom. The van der Waals surface area contributed by atoms with Crippen molar-refractivity contribution in [2.24, 2.45) is 5.92 Å². The van der Waals surface area contributed by atoms with Gasteiger partial charge >= 0.3 is 0 Å². The average molecular weight is 328 g/mol. The van der Waals surface area contributed by atoms with E-state index in [1.54, 1.807) is 9.80 Å². The fraction of sp³-hybridized carbons (Fsp3) is 0.526. The Balaban J connectivity index is 1.88. The van der Waals surface area contributed by atoms with Gasteiger partial charge in [0.25, 0.3) is 5.91 Å². The van der Waals surface area contributed by atoms with Crippen LogP contribution in [0.25, 0.3) is 0 Å². The van der Waals surface area contributed by atoms with Gasteiger partial charge < -0.3 is 9.80 Å². The maximum absolute atomic E-state index is 13.2. The number of amides is 2. The van der Waals surface area contributed by atoms with E-state index in [4.69, 9.17) is 0 Å². The summed E-state index contributed by atoms with van der Waals surface area (Å²) in [7, 11) is 0. The van der Waals surface area contributed by atoms with Crippen molar-refractivity contribution in [1.82, 2.24) is 9.80 Å². The summed E-state index contributed by atoms with van der Waals surface area (Å²) < 4.78 is 0. The third-order valence-corrected chi connectivity index (χ3v) is 5.07. The number of hydrogen-bond donors (Lipinski definition) is 0. The highest BCUT2D eigenvalue weighted by molar-refractivity contribution is 6.01. The van der Waals surface area contributed by atoms with Gasteiger partial charge in [0.1, 0.15) is 6.04 Å². The van der Waals surface area contributed by atoms with Crippen molar-refractivity contribution < 1.29 is 14.4 Å². The Hall–Kier alpha value is -2.17. The van der Waals surface area contributed by atoms with E-state index in [1.807, 2.05) is 38.1 Å². The number of hydrogen-bond acceptors (Lipinski definition) is 3. The maximum Gasteiger partial charge on any atom is 0.255 e. The predicted octanol–water partition coefficient (Wildman–Crippen LogP) is 2.25. The molecule has 24 heavy (non-hydrogen) atoms. The zero-order valence-electron chi connectivity index (χ0n) is 14.5. The molecule has 2 amide bonds. The fourth-order valence-electron chi connectivity index (χ4n) is 3.90. The molecule has 2 atom stereocenters. The van der Waals surface area contributed by atoms with Crippen molar-refractivity contribution in [3.8, 4) is 0 Å². The number of Topliss-reactive ketones (excluding diaryl/α,β-unsaturated/α-hetero) is 1. The zero-order chi connectivity index (χ0) is 17.4. The second-order valence-electron chi connectivity index (χ2n) is 7.08. The minimum absolute atomic E-state index is 0.0102. The molecule has 0 aliphatic carbocycles. The molecule has 0 bridgehead atoms. The summed E-state index contributed by atoms with van der Waals surface area (Å²) in [4.78, 5) is 41.1. The van der Waals surface area contributed by atoms with Gasteiger partial charge in [-0.2, -0.15) is 0 Å². The predicted molar refractivity (Wildman–Crippen MR) is 90.4 cm³/mol. The Morgan fingerprint density at radius 3 is 2.54 bits per heavy atom. The van der Waals surface area contributed by atoms with E-state index in [2.05, 4.69) is 0 Å². The van der Waals surface area contributed by atoms with Crippen molar-refractivity contribution in [2.75, 3.05) is 6.54 Å². The van der Waals surface area contributed by atoms with E-state index >= 15 is 0 Å². The molecule has 5 heteroatoms. The first-order valence-electron chi connectivity index (χ1n) is 8.61. The summed E-state index contributed by atoms with van der Waals surface area (Å²) in [5.41, 5.74) is 1.64. The summed E-state index contributed by atoms with van der Waals surface area (Å²) >= 11 is 0. The molecular formula is C19H24N2O3. The van der Waals surface area contributed by atoms with Gasteiger partial charge in [0.15, 0.2) is 5.78 Å². The van der Waals surface area contributed by atoms with Crippen LogP contribution < -0.4 is 0 Å². The van der Waals surface area contributed by atoms with Gasteiger partial charge in [-0.25, -0.2) is 0 Å². The van der Waals surface area contributed by atoms with E-state index < -0.39 is 6.04 Å². The van der Waals surface area contributed by atoms with Gasteiger partial charge in [-0.15, -0.1) is 0 Å². The van der Waals surface area contributed by atoms with Crippen molar-refractivity contribution >= 4 is 17.6 Å². The number of likely N-dealkylation sites (tertiary alicyclic amines) is 1. The first kappa shape index (κ1) is 16.7. The third kappa shape index (κ3) is 2.72. The standard InChI is InChI=1S/C19H24N2O3/c1-12(2)17(19(24)20-10-6-9-16(20)13(3)22)21-11-14-7-4-5-8-15(14)18(21)23/h4-5,7-8,12,16-17H,6,9-11H2,1-3H3. The van der Waals surface area contributed by atoms with Gasteiger partial charge in [-0.05, 0) is 37.3 Å². The SMILES string of the molecule is CC(=O)C1CCCN1C(=O)C(C(C)C)N1Cc2ccccc2C1=O. The number of benzene rings is 1. The van der Waals surface area contributed by atoms with Crippen LogP contribution in [0.3, 0.4) is 0 Å². The third-order valence-electron chi connectivity index (χ3n) is 5.07. The smallest absolute Gasteiger partial charge is 0.255 e. The molecule has 1 saturated heterocycles. The molecule has 2 aliphatic heterocycles. The summed E-state index contributed by atoms with van der Waals surface area (Å²) in [6.07, 6.45) is 1.56. The van der Waals surface area contributed by atoms with Crippen LogP contribution in [-0.4, -0.2) is 46.0 Å². The average Bonchev–Trinajstić information content (AvgIpc) is 3.14. The highest BCUT2D eigenvalue weighted by Gasteiger charge is 2.42. The molecule has 3 rings (SSSR count). The zero-order valence-corrected chi connectivity index (χ0v) is 14.5. The quantitative estimate of drug-likeness (QED) is 0.852. The lowest BCUT2D eigenvalue weighted by molar-refractivity contribution is -0.142. The van der Waals surface area contributed by atoms with Crippen molar-refractivity contribution in [3.63, 3.8) is 0 Å². The number of fused-ring (bicyclic) bond motifs is 1. The van der Waals surface area contributed by atoms with Crippen molar-refractivity contribution in [3.05, 3.63) is 35.4 Å². The van der Waals surface area contributed by atoms with Crippen LogP contribution in [0.4, 0.5) is 0 Å². The summed E-state index contributed by atoms with van der Waals surface area (Å²) in [6, 6.07) is 6.65. The molecule has 128 valence electrons. The molecule has 0 radical (unpaired) electrons. The van der Waals surface area contributed by atoms with E-state index in [-0.39, 0.29) is 29.6 Å². The fourth-order valence-corrected chi connectivity index (χ4v) is 3.90. The van der Waals surface area contributed by atoms with Crippen LogP contribution in [0, 0.1) is 5.92 Å². The number of carbonyl (C=O) groups excluding carboxylic acids is 3. The first-order valence-corrected chi connectivity index (χ1v) is 8.61. The number of carbonyl (C=O) groups is 3. The van der Waals surface area contributed by atoms with Gasteiger partial charge in [0.2, 0.25) is 5.91 Å². The number of ketones is 1. The minimum Gasteiger partial charge on any atom is -0.331 e. The van der Waals surface area contributed by atoms with E-state index in [0.29, 0.717) is 18.7 Å². The molecule has 1 aromatic carbocycles. The summed E-state index contributed by atoms with van der Waals surface area (Å²) in [6.45, 7) is 6.51. The summed E-state index contributed by atoms with van der Waals surface area (Å²) in [5, 5.41) is 0. The van der Waals surface area contributed by atoms with Crippen molar-refractivity contribution in [2.45, 2.75) is 52.2 Å². The monoisotopic (exact) mass is 328 g/mol. The molecule has 2 heterocycles. The lowest BCUT2D eigenvalue weighted by Crippen LogP contribution is -2.53. The Labute approximate surface area is 142 Å². The molecule has 1 fully saturated rings. The Kier molecular flexibility index (Phi) is 4.43. The highest BCUT2D eigenvalue weighted by Crippen LogP contribution is 2.29. The molecule has 2 unspecified atom stereocenters. The first-order chi connectivity index (χ1) is 11.4. The van der Waals surface area contributed by atoms with Gasteiger partial charge in [-0.1, -0.05) is 32.0 Å². The Bertz CT molecular complexity index is 683. The van der Waals surface area contributed by atoms with Crippen molar-refractivity contribution in [1.29, 1.82) is 0 Å². The van der Waals surface area contributed by atoms with E-state index in [9.17, 15) is 14.4 Å². The second kappa shape index (κ2) is 6.38. The topological polar surface area (TPSA) is 57.7 Å². The van der Waals surface area contributed by atoms with Crippen LogP contribution >= 0.6 is 0 Å². The van der Waals surface area contributed by atoms with Crippen LogP contribution in [0.15, 0.2) is 24.3 Å². The van der Waals surface area contributed by atoms with Gasteiger partial charge in [0, 0.05) is 18.7 Å². The van der Waals surface area contributed by atoms with E-state index in [1.165, 1.54) is 6.92 Å². The normalized spacial score (nSPS) is 21.3. The van der Waals surface area contributed by atoms with Crippen LogP contribution in [-0.2, 0) is 16.1 Å². The van der Waals surface area contributed by atoms with Crippen LogP contribution in [0.2, 0.25) is 0 Å². The summed E-state index contributed by atoms with van der Waals surface area (Å²) in [5.74, 6) is -0.163. The molecule has 1 aromatic rings. The molecule has 0 aromatic heterocycles. The Morgan fingerprint density at radius 1 is 1.21 bits per heavy atom. The molecule has 2 aliphatic rings. The molecule has 0 spiro atoms. The lowest BCUT2D eigenvalue weighted by atomic mass is 10.00. The van der Waals surface area contributed by atoms with E-state index in [0.717, 1.165) is 18.4 Å². The van der Waals surface area contributed by atoms with Gasteiger partial charge in [0.05, 0.1) is 6.04 Å². The maximum atomic E-state index is 13.2. The van der Waals surface area contributed by atoms with Crippen LogP contribution in [0.5, 0.6) is 0 Å². The molecule has 5 nitrogen and oxygen atoms in total. The molecular weight excluding hydrogens is 304 g/mol. The number of rotatable bonds is 4. The lowest BCUT2D eigenvalue weighted by Gasteiger charge is -2.35.